The fourth-order valence-electron chi connectivity index (χ4n) is 2.52. The maximum atomic E-state index is 12.3. The van der Waals surface area contributed by atoms with Crippen molar-refractivity contribution >= 4 is 22.7 Å². The van der Waals surface area contributed by atoms with E-state index in [1.165, 1.54) is 11.5 Å². The van der Waals surface area contributed by atoms with Gasteiger partial charge in [-0.25, -0.2) is 9.78 Å². The number of rotatable bonds is 6. The highest BCUT2D eigenvalue weighted by Gasteiger charge is 2.21. The number of urea groups is 1. The molecule has 0 aromatic carbocycles. The molecule has 1 fully saturated rings. The van der Waals surface area contributed by atoms with Gasteiger partial charge in [0.15, 0.2) is 0 Å². The molecule has 1 saturated heterocycles. The molecule has 6 nitrogen and oxygen atoms in total. The van der Waals surface area contributed by atoms with Crippen molar-refractivity contribution in [2.24, 2.45) is 0 Å². The van der Waals surface area contributed by atoms with Crippen LogP contribution in [-0.4, -0.2) is 46.1 Å². The number of carbonyl (C=O) groups excluding carboxylic acids is 1. The second-order valence-corrected chi connectivity index (χ2v) is 6.36. The number of nitrogens with one attached hydrogen (secondary N) is 1. The molecular weight excluding hydrogens is 300 g/mol. The molecule has 22 heavy (non-hydrogen) atoms. The van der Waals surface area contributed by atoms with Crippen LogP contribution in [0.4, 0.5) is 9.93 Å². The molecule has 2 amide bonds. The van der Waals surface area contributed by atoms with Gasteiger partial charge in [-0.2, -0.15) is 4.37 Å². The van der Waals surface area contributed by atoms with E-state index in [0.717, 1.165) is 64.0 Å². The zero-order valence-corrected chi connectivity index (χ0v) is 14.3. The fraction of sp³-hybridized carbons (Fsp3) is 0.800. The van der Waals surface area contributed by atoms with Crippen molar-refractivity contribution in [3.05, 3.63) is 5.82 Å². The predicted molar refractivity (Wildman–Crippen MR) is 88.4 cm³/mol. The highest BCUT2D eigenvalue weighted by Crippen LogP contribution is 2.17. The van der Waals surface area contributed by atoms with Gasteiger partial charge in [-0.05, 0) is 32.1 Å². The fourth-order valence-corrected chi connectivity index (χ4v) is 3.12. The third kappa shape index (κ3) is 5.21. The standard InChI is InChI=1S/C15H26N4O2S/c1-3-6-13-16-14(22-18-13)17-15(20)19-9-5-7-12(8-10-19)21-11-4-2/h12H,3-11H2,1-2H3,(H,16,17,18,20)/t12-/m0/s1. The van der Waals surface area contributed by atoms with Crippen LogP contribution in [0.15, 0.2) is 0 Å². The van der Waals surface area contributed by atoms with E-state index in [1.54, 1.807) is 0 Å². The summed E-state index contributed by atoms with van der Waals surface area (Å²) in [5.74, 6) is 0.812. The molecule has 0 aliphatic carbocycles. The Kier molecular flexibility index (Phi) is 7.05. The van der Waals surface area contributed by atoms with Crippen LogP contribution in [-0.2, 0) is 11.2 Å². The summed E-state index contributed by atoms with van der Waals surface area (Å²) in [6.45, 7) is 6.53. The van der Waals surface area contributed by atoms with Crippen molar-refractivity contribution in [1.82, 2.24) is 14.3 Å². The van der Waals surface area contributed by atoms with Crippen LogP contribution < -0.4 is 5.32 Å². The van der Waals surface area contributed by atoms with Crippen LogP contribution in [0.1, 0.15) is 51.8 Å². The van der Waals surface area contributed by atoms with Gasteiger partial charge in [-0.3, -0.25) is 5.32 Å². The van der Waals surface area contributed by atoms with Crippen molar-refractivity contribution < 1.29 is 9.53 Å². The maximum Gasteiger partial charge on any atom is 0.323 e. The van der Waals surface area contributed by atoms with Gasteiger partial charge in [0.2, 0.25) is 5.13 Å². The lowest BCUT2D eigenvalue weighted by molar-refractivity contribution is 0.0446. The van der Waals surface area contributed by atoms with Crippen LogP contribution in [0.25, 0.3) is 0 Å². The molecule has 1 aliphatic heterocycles. The minimum Gasteiger partial charge on any atom is -0.378 e. The lowest BCUT2D eigenvalue weighted by atomic mass is 10.2. The third-order valence-electron chi connectivity index (χ3n) is 3.68. The monoisotopic (exact) mass is 326 g/mol. The minimum atomic E-state index is -0.0738. The van der Waals surface area contributed by atoms with E-state index in [0.29, 0.717) is 5.13 Å². The lowest BCUT2D eigenvalue weighted by Crippen LogP contribution is -2.36. The Hall–Kier alpha value is -1.21. The Morgan fingerprint density at radius 3 is 3.00 bits per heavy atom. The Bertz CT molecular complexity index is 466. The third-order valence-corrected chi connectivity index (χ3v) is 4.34. The van der Waals surface area contributed by atoms with E-state index in [2.05, 4.69) is 28.5 Å². The second kappa shape index (κ2) is 9.05. The number of hydrogen-bond donors (Lipinski definition) is 1. The summed E-state index contributed by atoms with van der Waals surface area (Å²) in [5, 5.41) is 3.46. The molecule has 1 N–H and O–H groups in total. The summed E-state index contributed by atoms with van der Waals surface area (Å²) in [6, 6.07) is -0.0738. The van der Waals surface area contributed by atoms with E-state index in [9.17, 15) is 4.79 Å². The normalized spacial score (nSPS) is 19.0. The smallest absolute Gasteiger partial charge is 0.323 e. The molecule has 0 spiro atoms. The van der Waals surface area contributed by atoms with E-state index < -0.39 is 0 Å². The number of aryl methyl sites for hydroxylation is 1. The minimum absolute atomic E-state index is 0.0738. The Balaban J connectivity index is 1.81. The molecule has 1 atom stereocenters. The van der Waals surface area contributed by atoms with Gasteiger partial charge in [-0.15, -0.1) is 0 Å². The number of hydrogen-bond acceptors (Lipinski definition) is 5. The topological polar surface area (TPSA) is 67.3 Å². The van der Waals surface area contributed by atoms with Crippen molar-refractivity contribution in [2.45, 2.75) is 58.5 Å². The number of nitrogens with zero attached hydrogens (tertiary/aromatic N) is 3. The van der Waals surface area contributed by atoms with E-state index >= 15 is 0 Å². The maximum absolute atomic E-state index is 12.3. The van der Waals surface area contributed by atoms with Gasteiger partial charge < -0.3 is 9.64 Å². The molecule has 1 aliphatic rings. The molecule has 0 unspecified atom stereocenters. The summed E-state index contributed by atoms with van der Waals surface area (Å²) < 4.78 is 10.1. The van der Waals surface area contributed by atoms with Crippen molar-refractivity contribution in [3.63, 3.8) is 0 Å². The summed E-state index contributed by atoms with van der Waals surface area (Å²) in [7, 11) is 0. The van der Waals surface area contributed by atoms with Gasteiger partial charge in [0.25, 0.3) is 0 Å². The number of likely N-dealkylation sites (tertiary alicyclic amines) is 1. The van der Waals surface area contributed by atoms with Crippen molar-refractivity contribution in [3.8, 4) is 0 Å². The van der Waals surface area contributed by atoms with E-state index in [4.69, 9.17) is 4.74 Å². The van der Waals surface area contributed by atoms with Crippen LogP contribution in [0.5, 0.6) is 0 Å². The summed E-state index contributed by atoms with van der Waals surface area (Å²) in [5.41, 5.74) is 0. The van der Waals surface area contributed by atoms with E-state index in [1.807, 2.05) is 4.90 Å². The average Bonchev–Trinajstić information content (AvgIpc) is 2.81. The predicted octanol–water partition coefficient (Wildman–Crippen LogP) is 3.30. The average molecular weight is 326 g/mol. The van der Waals surface area contributed by atoms with Crippen LogP contribution in [0.2, 0.25) is 0 Å². The molecule has 1 aromatic heterocycles. The summed E-state index contributed by atoms with van der Waals surface area (Å²) >= 11 is 1.25. The first-order valence-corrected chi connectivity index (χ1v) is 9.00. The van der Waals surface area contributed by atoms with Gasteiger partial charge >= 0.3 is 6.03 Å². The second-order valence-electron chi connectivity index (χ2n) is 5.61. The zero-order chi connectivity index (χ0) is 15.8. The number of carbonyl (C=O) groups is 1. The molecule has 7 heteroatoms. The lowest BCUT2D eigenvalue weighted by Gasteiger charge is -2.20. The Morgan fingerprint density at radius 2 is 2.23 bits per heavy atom. The van der Waals surface area contributed by atoms with Gasteiger partial charge in [0.1, 0.15) is 5.82 Å². The molecule has 0 saturated carbocycles. The largest absolute Gasteiger partial charge is 0.378 e. The highest BCUT2D eigenvalue weighted by atomic mass is 32.1. The first-order valence-electron chi connectivity index (χ1n) is 8.23. The first-order chi connectivity index (χ1) is 10.7. The Morgan fingerprint density at radius 1 is 1.36 bits per heavy atom. The molecule has 0 bridgehead atoms. The number of aromatic nitrogens is 2. The number of anilines is 1. The SMILES string of the molecule is CCCO[C@H]1CCCN(C(=O)Nc2nc(CCC)ns2)CC1. The Labute approximate surface area is 136 Å². The van der Waals surface area contributed by atoms with E-state index in [-0.39, 0.29) is 12.1 Å². The van der Waals surface area contributed by atoms with Crippen LogP contribution in [0.3, 0.4) is 0 Å². The number of amides is 2. The highest BCUT2D eigenvalue weighted by molar-refractivity contribution is 7.09. The number of ether oxygens (including phenoxy) is 1. The molecule has 2 rings (SSSR count). The molecule has 2 heterocycles. The molecular formula is C15H26N4O2S. The van der Waals surface area contributed by atoms with Gasteiger partial charge in [0, 0.05) is 37.6 Å². The molecule has 124 valence electrons. The van der Waals surface area contributed by atoms with Gasteiger partial charge in [-0.1, -0.05) is 13.8 Å². The first kappa shape index (κ1) is 17.1. The van der Waals surface area contributed by atoms with Crippen molar-refractivity contribution in [2.75, 3.05) is 25.0 Å². The van der Waals surface area contributed by atoms with Crippen LogP contribution in [0, 0.1) is 0 Å². The summed E-state index contributed by atoms with van der Waals surface area (Å²) in [4.78, 5) is 18.5. The zero-order valence-electron chi connectivity index (χ0n) is 13.5. The molecule has 0 radical (unpaired) electrons. The molecule has 1 aromatic rings. The quantitative estimate of drug-likeness (QED) is 0.871. The van der Waals surface area contributed by atoms with Crippen LogP contribution >= 0.6 is 11.5 Å². The van der Waals surface area contributed by atoms with Crippen molar-refractivity contribution in [1.29, 1.82) is 0 Å². The van der Waals surface area contributed by atoms with Gasteiger partial charge in [0.05, 0.1) is 6.10 Å². The summed E-state index contributed by atoms with van der Waals surface area (Å²) in [6.07, 6.45) is 6.11.